The molecule has 2 aromatic heterocycles. The second-order valence-electron chi connectivity index (χ2n) is 11.0. The molecule has 2 aromatic rings. The highest BCUT2D eigenvalue weighted by molar-refractivity contribution is 7.99. The Morgan fingerprint density at radius 3 is 2.03 bits per heavy atom. The van der Waals surface area contributed by atoms with Gasteiger partial charge in [-0.2, -0.15) is 8.42 Å². The third-order valence-corrected chi connectivity index (χ3v) is 6.86. The number of aryl methyl sites for hydroxylation is 1. The van der Waals surface area contributed by atoms with Gasteiger partial charge in [0.05, 0.1) is 5.69 Å². The van der Waals surface area contributed by atoms with Crippen molar-refractivity contribution < 1.29 is 17.5 Å². The van der Waals surface area contributed by atoms with Crippen molar-refractivity contribution in [3.63, 3.8) is 0 Å². The van der Waals surface area contributed by atoms with Crippen LogP contribution >= 0.6 is 11.8 Å². The Kier molecular flexibility index (Phi) is 10.3. The van der Waals surface area contributed by atoms with Crippen LogP contribution in [0.4, 0.5) is 5.82 Å². The standard InChI is InChI=1S/C23H39N7S.H2O4S/c1-17-26-27-21(28(17)8)31-15-9-10-29-11-13-30(14-12-29)19-16-18(22(2,3)4)24-20(25-19)23(5,6)7;1-5(2,3)4/h16H,9-15H2,1-8H3;(H2,1,2,3,4). The van der Waals surface area contributed by atoms with Gasteiger partial charge in [0.15, 0.2) is 5.16 Å². The lowest BCUT2D eigenvalue weighted by molar-refractivity contribution is 0.258. The molecular weight excluding hydrogens is 502 g/mol. The zero-order valence-electron chi connectivity index (χ0n) is 22.7. The Balaban J connectivity index is 0.000000830. The third kappa shape index (κ3) is 9.92. The lowest BCUT2D eigenvalue weighted by Gasteiger charge is -2.36. The van der Waals surface area contributed by atoms with Crippen LogP contribution in [-0.4, -0.2) is 85.6 Å². The van der Waals surface area contributed by atoms with Crippen LogP contribution in [0.3, 0.4) is 0 Å². The summed E-state index contributed by atoms with van der Waals surface area (Å²) in [5, 5.41) is 9.37. The molecule has 0 bridgehead atoms. The predicted octanol–water partition coefficient (Wildman–Crippen LogP) is 3.16. The zero-order valence-corrected chi connectivity index (χ0v) is 24.3. The second-order valence-corrected chi connectivity index (χ2v) is 13.0. The maximum Gasteiger partial charge on any atom is 0.394 e. The van der Waals surface area contributed by atoms with Gasteiger partial charge in [0.2, 0.25) is 0 Å². The molecule has 2 N–H and O–H groups in total. The van der Waals surface area contributed by atoms with Crippen LogP contribution in [-0.2, 0) is 28.3 Å². The van der Waals surface area contributed by atoms with Gasteiger partial charge in [-0.05, 0) is 19.9 Å². The lowest BCUT2D eigenvalue weighted by atomic mass is 9.90. The maximum absolute atomic E-state index is 8.74. The summed E-state index contributed by atoms with van der Waals surface area (Å²) in [6.07, 6.45) is 1.16. The van der Waals surface area contributed by atoms with E-state index in [4.69, 9.17) is 27.5 Å². The topological polar surface area (TPSA) is 138 Å². The summed E-state index contributed by atoms with van der Waals surface area (Å²) in [7, 11) is -2.64. The molecule has 3 rings (SSSR count). The molecule has 0 radical (unpaired) electrons. The molecule has 0 amide bonds. The van der Waals surface area contributed by atoms with Crippen molar-refractivity contribution in [3.8, 4) is 0 Å². The molecule has 1 aliphatic heterocycles. The minimum Gasteiger partial charge on any atom is -0.354 e. The van der Waals surface area contributed by atoms with E-state index in [-0.39, 0.29) is 10.8 Å². The van der Waals surface area contributed by atoms with E-state index in [0.717, 1.165) is 73.2 Å². The van der Waals surface area contributed by atoms with Crippen LogP contribution in [0.5, 0.6) is 0 Å². The molecule has 0 aromatic carbocycles. The second kappa shape index (κ2) is 12.2. The molecule has 1 fully saturated rings. The average Bonchev–Trinajstić information content (AvgIpc) is 3.07. The molecule has 1 aliphatic rings. The number of hydrogen-bond donors (Lipinski definition) is 2. The summed E-state index contributed by atoms with van der Waals surface area (Å²) in [6, 6.07) is 2.20. The number of aromatic nitrogens is 5. The summed E-state index contributed by atoms with van der Waals surface area (Å²) in [6.45, 7) is 20.5. The van der Waals surface area contributed by atoms with Crippen LogP contribution < -0.4 is 4.90 Å². The van der Waals surface area contributed by atoms with Crippen molar-refractivity contribution in [1.29, 1.82) is 0 Å². The monoisotopic (exact) mass is 543 g/mol. The molecule has 1 saturated heterocycles. The van der Waals surface area contributed by atoms with Crippen molar-refractivity contribution in [3.05, 3.63) is 23.4 Å². The largest absolute Gasteiger partial charge is 0.394 e. The fraction of sp³-hybridized carbons (Fsp3) is 0.739. The Bertz CT molecular complexity index is 1060. The first kappa shape index (κ1) is 30.4. The van der Waals surface area contributed by atoms with Crippen molar-refractivity contribution >= 4 is 28.0 Å². The Hall–Kier alpha value is -1.80. The van der Waals surface area contributed by atoms with Gasteiger partial charge in [0.25, 0.3) is 0 Å². The SMILES string of the molecule is Cc1nnc(SCCCN2CCN(c3cc(C(C)(C)C)nc(C(C)(C)C)n3)CC2)n1C.O=S(=O)(O)O. The van der Waals surface area contributed by atoms with Crippen LogP contribution in [0.15, 0.2) is 11.2 Å². The molecule has 0 saturated carbocycles. The Morgan fingerprint density at radius 2 is 1.56 bits per heavy atom. The number of anilines is 1. The van der Waals surface area contributed by atoms with E-state index in [0.29, 0.717) is 0 Å². The number of nitrogens with zero attached hydrogens (tertiary/aromatic N) is 7. The molecule has 13 heteroatoms. The smallest absolute Gasteiger partial charge is 0.354 e. The minimum atomic E-state index is -4.67. The Morgan fingerprint density at radius 1 is 0.972 bits per heavy atom. The number of hydrogen-bond acceptors (Lipinski definition) is 9. The zero-order chi connectivity index (χ0) is 27.3. The fourth-order valence-electron chi connectivity index (χ4n) is 3.48. The van der Waals surface area contributed by atoms with Gasteiger partial charge in [0.1, 0.15) is 17.5 Å². The van der Waals surface area contributed by atoms with E-state index >= 15 is 0 Å². The molecule has 0 unspecified atom stereocenters. The van der Waals surface area contributed by atoms with Gasteiger partial charge in [-0.25, -0.2) is 9.97 Å². The van der Waals surface area contributed by atoms with E-state index in [1.165, 1.54) is 0 Å². The highest BCUT2D eigenvalue weighted by atomic mass is 32.3. The van der Waals surface area contributed by atoms with Crippen LogP contribution in [0.25, 0.3) is 0 Å². The quantitative estimate of drug-likeness (QED) is 0.316. The van der Waals surface area contributed by atoms with Crippen LogP contribution in [0.2, 0.25) is 0 Å². The van der Waals surface area contributed by atoms with E-state index in [2.05, 4.69) is 72.2 Å². The normalized spacial score (nSPS) is 15.6. The van der Waals surface area contributed by atoms with Crippen molar-refractivity contribution in [2.75, 3.05) is 43.4 Å². The van der Waals surface area contributed by atoms with E-state index in [9.17, 15) is 0 Å². The maximum atomic E-state index is 8.74. The van der Waals surface area contributed by atoms with Gasteiger partial charge < -0.3 is 9.47 Å². The van der Waals surface area contributed by atoms with Crippen molar-refractivity contribution in [2.24, 2.45) is 7.05 Å². The van der Waals surface area contributed by atoms with Gasteiger partial charge in [-0.3, -0.25) is 14.0 Å². The lowest BCUT2D eigenvalue weighted by Crippen LogP contribution is -2.47. The summed E-state index contributed by atoms with van der Waals surface area (Å²) in [5.74, 6) is 4.06. The summed E-state index contributed by atoms with van der Waals surface area (Å²) in [4.78, 5) is 14.9. The van der Waals surface area contributed by atoms with E-state index in [1.807, 2.05) is 14.0 Å². The van der Waals surface area contributed by atoms with Crippen LogP contribution in [0, 0.1) is 6.92 Å². The molecule has 3 heterocycles. The average molecular weight is 544 g/mol. The molecule has 0 aliphatic carbocycles. The number of rotatable bonds is 6. The molecule has 204 valence electrons. The first-order valence-corrected chi connectivity index (χ1v) is 14.4. The summed E-state index contributed by atoms with van der Waals surface area (Å²) < 4.78 is 33.6. The van der Waals surface area contributed by atoms with E-state index < -0.39 is 10.4 Å². The van der Waals surface area contributed by atoms with Gasteiger partial charge >= 0.3 is 10.4 Å². The third-order valence-electron chi connectivity index (χ3n) is 5.75. The minimum absolute atomic E-state index is 0.0123. The highest BCUT2D eigenvalue weighted by Crippen LogP contribution is 2.28. The first-order valence-electron chi connectivity index (χ1n) is 12.0. The van der Waals surface area contributed by atoms with Crippen LogP contribution in [0.1, 0.15) is 65.3 Å². The first-order chi connectivity index (χ1) is 16.4. The number of piperazine rings is 1. The summed E-state index contributed by atoms with van der Waals surface area (Å²) in [5.41, 5.74) is 1.08. The fourth-order valence-corrected chi connectivity index (χ4v) is 4.36. The molecule has 0 atom stereocenters. The molecular formula is C23H41N7O4S2. The molecule has 0 spiro atoms. The predicted molar refractivity (Wildman–Crippen MR) is 143 cm³/mol. The summed E-state index contributed by atoms with van der Waals surface area (Å²) >= 11 is 1.80. The molecule has 36 heavy (non-hydrogen) atoms. The van der Waals surface area contributed by atoms with E-state index in [1.54, 1.807) is 11.8 Å². The van der Waals surface area contributed by atoms with Crippen molar-refractivity contribution in [2.45, 2.75) is 70.9 Å². The Labute approximate surface area is 219 Å². The van der Waals surface area contributed by atoms with Crippen molar-refractivity contribution in [1.82, 2.24) is 29.6 Å². The van der Waals surface area contributed by atoms with Gasteiger partial charge in [-0.1, -0.05) is 53.3 Å². The van der Waals surface area contributed by atoms with Gasteiger partial charge in [0, 0.05) is 55.9 Å². The van der Waals surface area contributed by atoms with Gasteiger partial charge in [-0.15, -0.1) is 10.2 Å². The highest BCUT2D eigenvalue weighted by Gasteiger charge is 2.26. The number of thioether (sulfide) groups is 1. The molecule has 11 nitrogen and oxygen atoms in total.